The SMILES string of the molecule is Cc1cc(S(=O)(=O)CC(=O)NC(C)C(C)C)ccc1N. The molecule has 1 unspecified atom stereocenters. The molecule has 0 bridgehead atoms. The van der Waals surface area contributed by atoms with Crippen LogP contribution in [0.2, 0.25) is 0 Å². The van der Waals surface area contributed by atoms with Gasteiger partial charge < -0.3 is 11.1 Å². The number of nitrogens with one attached hydrogen (secondary N) is 1. The fourth-order valence-corrected chi connectivity index (χ4v) is 2.79. The van der Waals surface area contributed by atoms with E-state index in [1.165, 1.54) is 18.2 Å². The molecule has 0 saturated heterocycles. The van der Waals surface area contributed by atoms with Crippen LogP contribution in [0.4, 0.5) is 5.69 Å². The second-order valence-corrected chi connectivity index (χ2v) is 7.37. The molecule has 20 heavy (non-hydrogen) atoms. The van der Waals surface area contributed by atoms with E-state index in [-0.39, 0.29) is 16.9 Å². The van der Waals surface area contributed by atoms with Gasteiger partial charge in [0, 0.05) is 11.7 Å². The molecular weight excluding hydrogens is 276 g/mol. The van der Waals surface area contributed by atoms with Gasteiger partial charge in [0.1, 0.15) is 5.75 Å². The standard InChI is InChI=1S/C14H22N2O3S/c1-9(2)11(4)16-14(17)8-20(18,19)12-5-6-13(15)10(3)7-12/h5-7,9,11H,8,15H2,1-4H3,(H,16,17). The Morgan fingerprint density at radius 2 is 1.90 bits per heavy atom. The molecule has 0 fully saturated rings. The number of anilines is 1. The fraction of sp³-hybridized carbons (Fsp3) is 0.500. The van der Waals surface area contributed by atoms with E-state index in [0.717, 1.165) is 0 Å². The minimum Gasteiger partial charge on any atom is -0.399 e. The Morgan fingerprint density at radius 1 is 1.30 bits per heavy atom. The highest BCUT2D eigenvalue weighted by atomic mass is 32.2. The third-order valence-corrected chi connectivity index (χ3v) is 4.92. The van der Waals surface area contributed by atoms with E-state index in [0.29, 0.717) is 11.3 Å². The molecule has 0 heterocycles. The summed E-state index contributed by atoms with van der Waals surface area (Å²) in [6.45, 7) is 7.50. The van der Waals surface area contributed by atoms with Gasteiger partial charge >= 0.3 is 0 Å². The molecule has 1 rings (SSSR count). The highest BCUT2D eigenvalue weighted by Crippen LogP contribution is 2.18. The number of amides is 1. The highest BCUT2D eigenvalue weighted by molar-refractivity contribution is 7.92. The Balaban J connectivity index is 2.84. The molecule has 112 valence electrons. The summed E-state index contributed by atoms with van der Waals surface area (Å²) >= 11 is 0. The van der Waals surface area contributed by atoms with E-state index in [9.17, 15) is 13.2 Å². The first kappa shape index (κ1) is 16.5. The van der Waals surface area contributed by atoms with Crippen molar-refractivity contribution >= 4 is 21.4 Å². The molecule has 5 nitrogen and oxygen atoms in total. The number of hydrogen-bond donors (Lipinski definition) is 2. The number of carbonyl (C=O) groups is 1. The Kier molecular flexibility index (Phi) is 5.16. The maximum absolute atomic E-state index is 12.2. The lowest BCUT2D eigenvalue weighted by Crippen LogP contribution is -2.39. The Labute approximate surface area is 120 Å². The number of carbonyl (C=O) groups excluding carboxylic acids is 1. The minimum absolute atomic E-state index is 0.0640. The number of nitrogens with two attached hydrogens (primary N) is 1. The maximum atomic E-state index is 12.2. The van der Waals surface area contributed by atoms with Gasteiger partial charge in [-0.2, -0.15) is 0 Å². The summed E-state index contributed by atoms with van der Waals surface area (Å²) in [5, 5.41) is 2.69. The van der Waals surface area contributed by atoms with Gasteiger partial charge in [-0.1, -0.05) is 13.8 Å². The van der Waals surface area contributed by atoms with Crippen LogP contribution in [0.1, 0.15) is 26.3 Å². The number of hydrogen-bond acceptors (Lipinski definition) is 4. The van der Waals surface area contributed by atoms with Gasteiger partial charge in [-0.3, -0.25) is 4.79 Å². The van der Waals surface area contributed by atoms with Crippen LogP contribution in [0.15, 0.2) is 23.1 Å². The van der Waals surface area contributed by atoms with Crippen molar-refractivity contribution < 1.29 is 13.2 Å². The zero-order valence-corrected chi connectivity index (χ0v) is 13.1. The predicted molar refractivity (Wildman–Crippen MR) is 80.1 cm³/mol. The van der Waals surface area contributed by atoms with E-state index >= 15 is 0 Å². The van der Waals surface area contributed by atoms with Crippen molar-refractivity contribution in [1.29, 1.82) is 0 Å². The third-order valence-electron chi connectivity index (χ3n) is 3.31. The first-order valence-electron chi connectivity index (χ1n) is 6.51. The lowest BCUT2D eigenvalue weighted by molar-refractivity contribution is -0.119. The molecule has 0 radical (unpaired) electrons. The molecule has 0 aliphatic carbocycles. The van der Waals surface area contributed by atoms with E-state index in [2.05, 4.69) is 5.32 Å². The van der Waals surface area contributed by atoms with Gasteiger partial charge in [-0.25, -0.2) is 8.42 Å². The molecule has 0 saturated carbocycles. The van der Waals surface area contributed by atoms with Crippen molar-refractivity contribution in [2.75, 3.05) is 11.5 Å². The van der Waals surface area contributed by atoms with Crippen molar-refractivity contribution in [2.45, 2.75) is 38.6 Å². The van der Waals surface area contributed by atoms with E-state index in [1.54, 1.807) is 6.92 Å². The Morgan fingerprint density at radius 3 is 2.40 bits per heavy atom. The normalized spacial score (nSPS) is 13.2. The summed E-state index contributed by atoms with van der Waals surface area (Å²) in [5.41, 5.74) is 6.87. The minimum atomic E-state index is -3.64. The summed E-state index contributed by atoms with van der Waals surface area (Å²) in [6.07, 6.45) is 0. The molecule has 0 aromatic heterocycles. The van der Waals surface area contributed by atoms with Crippen LogP contribution < -0.4 is 11.1 Å². The number of nitrogen functional groups attached to an aromatic ring is 1. The van der Waals surface area contributed by atoms with Crippen molar-refractivity contribution in [2.24, 2.45) is 5.92 Å². The van der Waals surface area contributed by atoms with Crippen molar-refractivity contribution in [3.8, 4) is 0 Å². The number of aryl methyl sites for hydroxylation is 1. The van der Waals surface area contributed by atoms with Gasteiger partial charge in [0.15, 0.2) is 9.84 Å². The van der Waals surface area contributed by atoms with Crippen LogP contribution in [-0.4, -0.2) is 26.1 Å². The molecular formula is C14H22N2O3S. The molecule has 1 aromatic rings. The average Bonchev–Trinajstić information content (AvgIpc) is 2.31. The van der Waals surface area contributed by atoms with Crippen LogP contribution in [-0.2, 0) is 14.6 Å². The zero-order chi connectivity index (χ0) is 15.5. The number of rotatable bonds is 5. The average molecular weight is 298 g/mol. The molecule has 6 heteroatoms. The van der Waals surface area contributed by atoms with Gasteiger partial charge in [-0.05, 0) is 43.5 Å². The zero-order valence-electron chi connectivity index (χ0n) is 12.3. The molecule has 0 spiro atoms. The summed E-state index contributed by atoms with van der Waals surface area (Å²) in [7, 11) is -3.64. The molecule has 1 atom stereocenters. The Hall–Kier alpha value is -1.56. The van der Waals surface area contributed by atoms with Crippen LogP contribution in [0, 0.1) is 12.8 Å². The van der Waals surface area contributed by atoms with Crippen LogP contribution in [0.5, 0.6) is 0 Å². The molecule has 0 aliphatic heterocycles. The summed E-state index contributed by atoms with van der Waals surface area (Å²) in [6, 6.07) is 4.39. The molecule has 1 aromatic carbocycles. The molecule has 0 aliphatic rings. The Bertz CT molecular complexity index is 594. The maximum Gasteiger partial charge on any atom is 0.235 e. The third kappa shape index (κ3) is 4.23. The van der Waals surface area contributed by atoms with Gasteiger partial charge in [0.2, 0.25) is 5.91 Å². The van der Waals surface area contributed by atoms with E-state index in [1.807, 2.05) is 20.8 Å². The fourth-order valence-electron chi connectivity index (χ4n) is 1.56. The van der Waals surface area contributed by atoms with Crippen LogP contribution in [0.3, 0.4) is 0 Å². The highest BCUT2D eigenvalue weighted by Gasteiger charge is 2.21. The summed E-state index contributed by atoms with van der Waals surface area (Å²) in [4.78, 5) is 11.9. The summed E-state index contributed by atoms with van der Waals surface area (Å²) < 4.78 is 24.3. The lowest BCUT2D eigenvalue weighted by Gasteiger charge is -2.17. The van der Waals surface area contributed by atoms with Crippen molar-refractivity contribution in [1.82, 2.24) is 5.32 Å². The lowest BCUT2D eigenvalue weighted by atomic mass is 10.1. The molecule has 3 N–H and O–H groups in total. The van der Waals surface area contributed by atoms with Crippen LogP contribution in [0.25, 0.3) is 0 Å². The van der Waals surface area contributed by atoms with Gasteiger partial charge in [0.25, 0.3) is 0 Å². The van der Waals surface area contributed by atoms with Crippen LogP contribution >= 0.6 is 0 Å². The van der Waals surface area contributed by atoms with Gasteiger partial charge in [0.05, 0.1) is 4.90 Å². The smallest absolute Gasteiger partial charge is 0.235 e. The quantitative estimate of drug-likeness (QED) is 0.806. The summed E-state index contributed by atoms with van der Waals surface area (Å²) in [5.74, 6) is -0.783. The van der Waals surface area contributed by atoms with Gasteiger partial charge in [-0.15, -0.1) is 0 Å². The monoisotopic (exact) mass is 298 g/mol. The van der Waals surface area contributed by atoms with Crippen molar-refractivity contribution in [3.63, 3.8) is 0 Å². The molecule has 1 amide bonds. The number of benzene rings is 1. The van der Waals surface area contributed by atoms with E-state index < -0.39 is 21.5 Å². The second kappa shape index (κ2) is 6.26. The topological polar surface area (TPSA) is 89.3 Å². The first-order valence-corrected chi connectivity index (χ1v) is 8.17. The van der Waals surface area contributed by atoms with Crippen molar-refractivity contribution in [3.05, 3.63) is 23.8 Å². The van der Waals surface area contributed by atoms with E-state index in [4.69, 9.17) is 5.73 Å². The largest absolute Gasteiger partial charge is 0.399 e. The first-order chi connectivity index (χ1) is 9.13. The predicted octanol–water partition coefficient (Wildman–Crippen LogP) is 1.51. The second-order valence-electron chi connectivity index (χ2n) is 5.38. The number of sulfone groups is 1.